The van der Waals surface area contributed by atoms with Gasteiger partial charge >= 0.3 is 19.0 Å². The van der Waals surface area contributed by atoms with Crippen molar-refractivity contribution >= 4 is 27.7 Å². The fraction of sp³-hybridized carbons (Fsp3) is 0.550. The second-order valence-electron chi connectivity index (χ2n) is 17.0. The summed E-state index contributed by atoms with van der Waals surface area (Å²) in [4.78, 5) is 86.8. The Kier molecular flexibility index (Phi) is 14.0. The monoisotopic (exact) mass is 887 g/mol. The van der Waals surface area contributed by atoms with Crippen LogP contribution in [0.5, 0.6) is 0 Å². The number of H-pyrrole nitrogens is 2. The van der Waals surface area contributed by atoms with E-state index >= 15 is 0 Å². The van der Waals surface area contributed by atoms with Crippen molar-refractivity contribution in [1.29, 1.82) is 0 Å². The van der Waals surface area contributed by atoms with Gasteiger partial charge < -0.3 is 19.1 Å². The van der Waals surface area contributed by atoms with Gasteiger partial charge in [-0.05, 0) is 69.5 Å². The third-order valence-corrected chi connectivity index (χ3v) is 17.2. The molecule has 2 saturated heterocycles. The van der Waals surface area contributed by atoms with Crippen molar-refractivity contribution in [2.45, 2.75) is 122 Å². The van der Waals surface area contributed by atoms with Crippen LogP contribution in [0, 0.1) is 13.8 Å². The van der Waals surface area contributed by atoms with Gasteiger partial charge in [0.05, 0.1) is 23.8 Å². The Morgan fingerprint density at radius 2 is 1.44 bits per heavy atom. The van der Waals surface area contributed by atoms with Crippen LogP contribution in [-0.2, 0) is 32.6 Å². The van der Waals surface area contributed by atoms with E-state index in [1.807, 2.05) is 33.9 Å². The molecule has 5 heterocycles. The number of nitrogens with zero attached hydrogens (tertiary/aromatic N) is 3. The first kappa shape index (κ1) is 46.1. The minimum atomic E-state index is -4.29. The second-order valence-corrected chi connectivity index (χ2v) is 23.6. The molecule has 6 rings (SSSR count). The number of aliphatic hydroxyl groups is 1. The number of benzene rings is 1. The van der Waals surface area contributed by atoms with Crippen LogP contribution in [0.15, 0.2) is 67.7 Å². The minimum absolute atomic E-state index is 0.0277. The molecule has 3 aromatic rings. The molecule has 0 radical (unpaired) electrons. The average Bonchev–Trinajstić information content (AvgIpc) is 3.84. The molecule has 332 valence electrons. The molecule has 21 heteroatoms. The van der Waals surface area contributed by atoms with E-state index in [0.717, 1.165) is 10.4 Å². The van der Waals surface area contributed by atoms with E-state index in [1.54, 1.807) is 24.3 Å². The number of fused-ring (bicyclic) bond motifs is 1. The van der Waals surface area contributed by atoms with Gasteiger partial charge in [0.25, 0.3) is 22.9 Å². The van der Waals surface area contributed by atoms with E-state index in [4.69, 9.17) is 28.0 Å². The quantitative estimate of drug-likeness (QED) is 0.0431. The van der Waals surface area contributed by atoms with Gasteiger partial charge in [0.2, 0.25) is 8.32 Å². The van der Waals surface area contributed by atoms with Crippen LogP contribution in [-0.4, -0.2) is 93.4 Å². The Bertz CT molecular complexity index is 2400. The summed E-state index contributed by atoms with van der Waals surface area (Å²) in [6.45, 7) is 13.1. The van der Waals surface area contributed by atoms with Crippen molar-refractivity contribution in [2.75, 3.05) is 19.8 Å². The van der Waals surface area contributed by atoms with E-state index in [1.165, 1.54) is 41.8 Å². The van der Waals surface area contributed by atoms with Crippen LogP contribution in [0.4, 0.5) is 0 Å². The maximum absolute atomic E-state index is 14.8. The Morgan fingerprint density at radius 3 is 2.02 bits per heavy atom. The number of hydrogen-bond donors (Lipinski definition) is 3. The zero-order chi connectivity index (χ0) is 44.4. The summed E-state index contributed by atoms with van der Waals surface area (Å²) in [5, 5.41) is 10.8. The Labute approximate surface area is 352 Å². The van der Waals surface area contributed by atoms with E-state index in [9.17, 15) is 38.4 Å². The topological polar surface area (TPSA) is 240 Å². The van der Waals surface area contributed by atoms with Gasteiger partial charge in [0.1, 0.15) is 37.4 Å². The molecule has 3 N–H and O–H groups in total. The van der Waals surface area contributed by atoms with Crippen LogP contribution in [0.3, 0.4) is 0 Å². The lowest BCUT2D eigenvalue weighted by molar-refractivity contribution is -0.245. The molecule has 1 unspecified atom stereocenters. The predicted octanol–water partition coefficient (Wildman–Crippen LogP) is 4.17. The molecule has 19 nitrogen and oxygen atoms in total. The molecule has 2 amide bonds. The molecular weight excluding hydrogens is 834 g/mol. The maximum atomic E-state index is 14.8. The lowest BCUT2D eigenvalue weighted by Gasteiger charge is -2.34. The van der Waals surface area contributed by atoms with Gasteiger partial charge in [-0.25, -0.2) is 14.5 Å². The molecule has 1 aromatic carbocycles. The molecule has 0 saturated carbocycles. The summed E-state index contributed by atoms with van der Waals surface area (Å²) in [6, 6.07) is 6.63. The van der Waals surface area contributed by atoms with Gasteiger partial charge in [-0.2, -0.15) is 0 Å². The molecule has 61 heavy (non-hydrogen) atoms. The van der Waals surface area contributed by atoms with E-state index < -0.39 is 75.3 Å². The zero-order valence-electron chi connectivity index (χ0n) is 35.3. The number of nitrogens with one attached hydrogen (secondary N) is 2. The van der Waals surface area contributed by atoms with Crippen molar-refractivity contribution in [3.63, 3.8) is 0 Å². The number of aryl methyl sites for hydroxylation is 2. The highest BCUT2D eigenvalue weighted by Gasteiger charge is 2.44. The first-order chi connectivity index (χ1) is 28.7. The molecule has 2 aromatic heterocycles. The zero-order valence-corrected chi connectivity index (χ0v) is 37.2. The Hall–Kier alpha value is -4.37. The molecule has 7 atom stereocenters. The third-order valence-electron chi connectivity index (χ3n) is 11.5. The van der Waals surface area contributed by atoms with Gasteiger partial charge in [-0.1, -0.05) is 32.9 Å². The molecule has 0 aliphatic carbocycles. The highest BCUT2D eigenvalue weighted by Crippen LogP contribution is 2.54. The van der Waals surface area contributed by atoms with Gasteiger partial charge in [0.15, 0.2) is 0 Å². The van der Waals surface area contributed by atoms with Crippen LogP contribution in [0.25, 0.3) is 0 Å². The van der Waals surface area contributed by atoms with Crippen molar-refractivity contribution < 1.29 is 47.2 Å². The Balaban J connectivity index is 1.20. The number of carbonyl (C=O) groups excluding carboxylic acids is 2. The van der Waals surface area contributed by atoms with Gasteiger partial charge in [-0.15, -0.1) is 0 Å². The van der Waals surface area contributed by atoms with Crippen LogP contribution in [0.1, 0.15) is 97.2 Å². The highest BCUT2D eigenvalue weighted by molar-refractivity contribution is 7.57. The number of ether oxygens (including phenoxy) is 2. The van der Waals surface area contributed by atoms with Gasteiger partial charge in [-0.3, -0.25) is 56.8 Å². The van der Waals surface area contributed by atoms with E-state index in [2.05, 4.69) is 9.97 Å². The van der Waals surface area contributed by atoms with Crippen LogP contribution in [0.2, 0.25) is 18.1 Å². The number of rotatable bonds is 17. The first-order valence-corrected chi connectivity index (χ1v) is 24.7. The molecule has 0 bridgehead atoms. The summed E-state index contributed by atoms with van der Waals surface area (Å²) in [5.74, 6) is 0.448. The molecule has 0 spiro atoms. The normalized spacial score (nSPS) is 24.2. The fourth-order valence-corrected chi connectivity index (χ4v) is 8.99. The Morgan fingerprint density at radius 1 is 0.869 bits per heavy atom. The van der Waals surface area contributed by atoms with E-state index in [-0.39, 0.29) is 60.6 Å². The predicted molar refractivity (Wildman–Crippen MR) is 223 cm³/mol. The number of carbonyl (C=O) groups is 2. The number of aromatic nitrogens is 4. The van der Waals surface area contributed by atoms with E-state index in [0.29, 0.717) is 30.4 Å². The number of aromatic amines is 2. The van der Waals surface area contributed by atoms with Gasteiger partial charge in [0, 0.05) is 48.7 Å². The van der Waals surface area contributed by atoms with Crippen molar-refractivity contribution in [1.82, 2.24) is 24.0 Å². The fourth-order valence-electron chi connectivity index (χ4n) is 6.80. The van der Waals surface area contributed by atoms with Crippen LogP contribution >= 0.6 is 7.60 Å². The lowest BCUT2D eigenvalue weighted by atomic mass is 10.1. The number of amides is 2. The average molecular weight is 888 g/mol. The number of aliphatic hydroxyl groups excluding tert-OH is 1. The third kappa shape index (κ3) is 10.5. The van der Waals surface area contributed by atoms with Crippen molar-refractivity contribution in [3.05, 3.63) is 112 Å². The molecule has 2 fully saturated rings. The summed E-state index contributed by atoms with van der Waals surface area (Å²) in [7, 11) is -6.69. The SMILES string of the molecule is Cc1cn([C@H]2C[C@H](O)[C@@H](/C=C/P(=O)(OCCCCCN3C(=O)c4ccccc4C3=O)O[C@H]3C[C@H](n4cc(C)c(=O)[nH]c4=O)O[C@@H]3COO[Si](C)(C)C(C)(C)C)O2)c(=O)[nH]c1=O. The number of imide groups is 1. The number of hydrogen-bond acceptors (Lipinski definition) is 14. The maximum Gasteiger partial charge on any atom is 0.354 e. The van der Waals surface area contributed by atoms with Crippen molar-refractivity contribution in [2.24, 2.45) is 0 Å². The lowest BCUT2D eigenvalue weighted by Crippen LogP contribution is -2.42. The second kappa shape index (κ2) is 18.5. The smallest absolute Gasteiger partial charge is 0.354 e. The first-order valence-electron chi connectivity index (χ1n) is 20.2. The molecule has 3 aliphatic heterocycles. The minimum Gasteiger partial charge on any atom is -0.390 e. The molecule has 3 aliphatic rings. The largest absolute Gasteiger partial charge is 0.390 e. The summed E-state index contributed by atoms with van der Waals surface area (Å²) in [5.41, 5.74) is -1.32. The summed E-state index contributed by atoms with van der Waals surface area (Å²) in [6.07, 6.45) is -0.889. The van der Waals surface area contributed by atoms with Crippen molar-refractivity contribution in [3.8, 4) is 0 Å². The molecular formula is C40H54N5O14PSi. The standard InChI is InChI=1S/C40H54N5O14PSi/c1-24-21-44(38(51)41-34(24)47)32-19-28(46)29(56-32)15-18-60(53,55-17-12-8-11-16-43-36(49)26-13-9-10-14-27(26)37(43)50)58-30-20-33(45-22-25(2)35(48)42-39(45)52)57-31(30)23-54-59-61(6,7)40(3,4)5/h9-10,13-15,18,21-22,28-33,46H,8,11-12,16-17,19-20,23H2,1-7H3,(H,41,47,51)(H,42,48,52)/b18-15+/t28-,29+,30-,31+,32+,33+,60?/m0/s1. The number of unbranched alkanes of at least 4 members (excludes halogenated alkanes) is 2. The summed E-state index contributed by atoms with van der Waals surface area (Å²) < 4.78 is 47.6. The van der Waals surface area contributed by atoms with Crippen LogP contribution < -0.4 is 22.5 Å². The summed E-state index contributed by atoms with van der Waals surface area (Å²) >= 11 is 0. The highest BCUT2D eigenvalue weighted by atomic mass is 31.2.